The smallest absolute Gasteiger partial charge is 0.322 e. The van der Waals surface area contributed by atoms with Crippen LogP contribution in [0.25, 0.3) is 0 Å². The van der Waals surface area contributed by atoms with Crippen molar-refractivity contribution in [3.63, 3.8) is 0 Å². The van der Waals surface area contributed by atoms with Crippen molar-refractivity contribution in [2.75, 3.05) is 26.2 Å². The van der Waals surface area contributed by atoms with E-state index in [4.69, 9.17) is 39.5 Å². The van der Waals surface area contributed by atoms with Crippen LogP contribution in [0.3, 0.4) is 0 Å². The van der Waals surface area contributed by atoms with E-state index >= 15 is 0 Å². The number of hydrogen-bond acceptors (Lipinski definition) is 13. The molecule has 0 aliphatic rings. The van der Waals surface area contributed by atoms with Gasteiger partial charge in [-0.3, -0.25) is 53.1 Å². The lowest BCUT2D eigenvalue weighted by atomic mass is 10.0. The van der Waals surface area contributed by atoms with Gasteiger partial charge in [-0.1, -0.05) is 13.8 Å². The summed E-state index contributed by atoms with van der Waals surface area (Å²) >= 11 is 0. The molecule has 0 heterocycles. The number of aliphatic imine (C=N–C) groups is 2. The number of carbonyl (C=O) groups is 9. The predicted octanol–water partition coefficient (Wildman–Crippen LogP) is -5.44. The minimum Gasteiger partial charge on any atom is -0.481 e. The van der Waals surface area contributed by atoms with E-state index in [0.29, 0.717) is 19.3 Å². The Morgan fingerprint density at radius 1 is 0.508 bits per heavy atom. The quantitative estimate of drug-likeness (QED) is 0.0170. The van der Waals surface area contributed by atoms with E-state index in [9.17, 15) is 53.4 Å². The van der Waals surface area contributed by atoms with Gasteiger partial charge in [-0.25, -0.2) is 0 Å². The zero-order valence-corrected chi connectivity index (χ0v) is 34.5. The van der Waals surface area contributed by atoms with Gasteiger partial charge in [-0.15, -0.1) is 0 Å². The van der Waals surface area contributed by atoms with Crippen LogP contribution in [-0.4, -0.2) is 143 Å². The summed E-state index contributed by atoms with van der Waals surface area (Å²) in [5.74, 6) is -10.5. The Balaban J connectivity index is 6.49. The number of rotatable bonds is 32. The molecule has 0 aliphatic carbocycles. The molecule has 0 saturated carbocycles. The maximum Gasteiger partial charge on any atom is 0.322 e. The lowest BCUT2D eigenvalue weighted by molar-refractivity contribution is -0.140. The fourth-order valence-corrected chi connectivity index (χ4v) is 5.41. The van der Waals surface area contributed by atoms with Crippen LogP contribution in [0.15, 0.2) is 9.98 Å². The third-order valence-corrected chi connectivity index (χ3v) is 8.68. The zero-order chi connectivity index (χ0) is 46.7. The molecule has 0 aromatic carbocycles. The highest BCUT2D eigenvalue weighted by Crippen LogP contribution is 2.10. The molecule has 0 saturated heterocycles. The molecule has 0 rings (SSSR count). The van der Waals surface area contributed by atoms with E-state index in [-0.39, 0.29) is 57.2 Å². The molecule has 0 fully saturated rings. The van der Waals surface area contributed by atoms with Crippen molar-refractivity contribution in [1.29, 1.82) is 0 Å². The van der Waals surface area contributed by atoms with Crippen LogP contribution < -0.4 is 66.3 Å². The monoisotopic (exact) mass is 872 g/mol. The van der Waals surface area contributed by atoms with Gasteiger partial charge in [0.1, 0.15) is 36.8 Å². The van der Waals surface area contributed by atoms with Gasteiger partial charge >= 0.3 is 17.9 Å². The van der Waals surface area contributed by atoms with Crippen molar-refractivity contribution >= 4 is 65.3 Å². The first-order chi connectivity index (χ1) is 28.6. The van der Waals surface area contributed by atoms with Crippen molar-refractivity contribution in [3.8, 4) is 0 Å². The molecule has 0 spiro atoms. The average molecular weight is 873 g/mol. The fourth-order valence-electron chi connectivity index (χ4n) is 5.41. The number of nitrogens with two attached hydrogens (primary N) is 6. The average Bonchev–Trinajstić information content (AvgIpc) is 3.17. The largest absolute Gasteiger partial charge is 0.481 e. The molecule has 26 heteroatoms. The summed E-state index contributed by atoms with van der Waals surface area (Å²) in [5.41, 5.74) is 33.0. The first kappa shape index (κ1) is 54.7. The number of guanidine groups is 2. The topological polar surface area (TPSA) is 467 Å². The minimum atomic E-state index is -1.66. The van der Waals surface area contributed by atoms with E-state index in [2.05, 4.69) is 41.9 Å². The first-order valence-corrected chi connectivity index (χ1v) is 19.6. The molecule has 6 amide bonds. The van der Waals surface area contributed by atoms with E-state index in [1.54, 1.807) is 13.8 Å². The van der Waals surface area contributed by atoms with Crippen molar-refractivity contribution in [3.05, 3.63) is 0 Å². The predicted molar refractivity (Wildman–Crippen MR) is 220 cm³/mol. The molecular weight excluding hydrogens is 808 g/mol. The number of carbonyl (C=O) groups excluding carboxylic acids is 6. The molecule has 6 atom stereocenters. The number of unbranched alkanes of at least 4 members (excludes halogenated alkanes) is 1. The van der Waals surface area contributed by atoms with Crippen LogP contribution in [0, 0.1) is 5.92 Å². The summed E-state index contributed by atoms with van der Waals surface area (Å²) in [4.78, 5) is 122. The van der Waals surface area contributed by atoms with Crippen LogP contribution in [-0.2, 0) is 43.2 Å². The lowest BCUT2D eigenvalue weighted by Gasteiger charge is -2.28. The Bertz CT molecular complexity index is 1550. The Morgan fingerprint density at radius 3 is 1.30 bits per heavy atom. The van der Waals surface area contributed by atoms with Gasteiger partial charge < -0.3 is 81.6 Å². The number of carboxylic acid groups (broad SMARTS) is 3. The first-order valence-electron chi connectivity index (χ1n) is 19.6. The molecule has 0 radical (unpaired) electrons. The Hall–Kier alpha value is -6.31. The summed E-state index contributed by atoms with van der Waals surface area (Å²) < 4.78 is 0. The molecule has 26 nitrogen and oxygen atoms in total. The van der Waals surface area contributed by atoms with Gasteiger partial charge in [0.05, 0.1) is 6.04 Å². The lowest BCUT2D eigenvalue weighted by Crippen LogP contribution is -2.60. The Morgan fingerprint density at radius 2 is 0.902 bits per heavy atom. The van der Waals surface area contributed by atoms with Crippen LogP contribution in [0.5, 0.6) is 0 Å². The third-order valence-electron chi connectivity index (χ3n) is 8.68. The van der Waals surface area contributed by atoms with E-state index < -0.39 is 128 Å². The normalized spacial score (nSPS) is 13.7. The van der Waals surface area contributed by atoms with Gasteiger partial charge in [0.25, 0.3) is 0 Å². The maximum absolute atomic E-state index is 13.8. The summed E-state index contributed by atoms with van der Waals surface area (Å²) in [6.07, 6.45) is -1.20. The highest BCUT2D eigenvalue weighted by molar-refractivity contribution is 5.97. The van der Waals surface area contributed by atoms with E-state index in [1.807, 2.05) is 0 Å². The fraction of sp³-hybridized carbons (Fsp3) is 0.686. The van der Waals surface area contributed by atoms with Crippen LogP contribution in [0.4, 0.5) is 0 Å². The summed E-state index contributed by atoms with van der Waals surface area (Å²) in [5, 5.41) is 42.2. The third kappa shape index (κ3) is 25.0. The van der Waals surface area contributed by atoms with Crippen molar-refractivity contribution in [1.82, 2.24) is 31.9 Å². The van der Waals surface area contributed by atoms with Gasteiger partial charge in [-0.05, 0) is 70.3 Å². The number of hydrogen-bond donors (Lipinski definition) is 15. The van der Waals surface area contributed by atoms with Crippen molar-refractivity contribution in [2.45, 2.75) is 121 Å². The molecule has 21 N–H and O–H groups in total. The summed E-state index contributed by atoms with van der Waals surface area (Å²) in [7, 11) is 0. The Labute approximate surface area is 352 Å². The highest BCUT2D eigenvalue weighted by atomic mass is 16.4. The van der Waals surface area contributed by atoms with Crippen LogP contribution in [0.2, 0.25) is 0 Å². The zero-order valence-electron chi connectivity index (χ0n) is 34.5. The second-order valence-electron chi connectivity index (χ2n) is 14.2. The number of nitrogens with zero attached hydrogens (tertiary/aromatic N) is 2. The van der Waals surface area contributed by atoms with E-state index in [0.717, 1.165) is 0 Å². The second-order valence-corrected chi connectivity index (χ2v) is 14.2. The van der Waals surface area contributed by atoms with Crippen LogP contribution >= 0.6 is 0 Å². The summed E-state index contributed by atoms with van der Waals surface area (Å²) in [6, 6.07) is -8.38. The Kier molecular flexibility index (Phi) is 26.7. The second kappa shape index (κ2) is 29.8. The van der Waals surface area contributed by atoms with Crippen molar-refractivity contribution in [2.24, 2.45) is 50.3 Å². The molecule has 61 heavy (non-hydrogen) atoms. The molecule has 0 aromatic rings. The molecule has 0 unspecified atom stereocenters. The van der Waals surface area contributed by atoms with Gasteiger partial charge in [0.2, 0.25) is 35.4 Å². The van der Waals surface area contributed by atoms with Gasteiger partial charge in [0.15, 0.2) is 11.9 Å². The van der Waals surface area contributed by atoms with Gasteiger partial charge in [0, 0.05) is 25.9 Å². The van der Waals surface area contributed by atoms with Gasteiger partial charge in [-0.2, -0.15) is 0 Å². The number of aliphatic carboxylic acids is 3. The molecule has 0 aliphatic heterocycles. The minimum absolute atomic E-state index is 0.0244. The number of carboxylic acids is 3. The van der Waals surface area contributed by atoms with E-state index in [1.165, 1.54) is 0 Å². The summed E-state index contributed by atoms with van der Waals surface area (Å²) in [6.45, 7) is 2.88. The molecule has 0 bridgehead atoms. The highest BCUT2D eigenvalue weighted by Gasteiger charge is 2.34. The standard InChI is InChI=1S/C35H64N14O12/c1-18(2)27(33(61)44-17-26(54)55)49-32(60)20(8-3-4-14-36)46-30(58)22(10-12-24(50)51)48-31(59)23(11-13-25(52)53)47-29(57)21(9-6-16-43-35(40)41)45-28(56)19(37)7-5-15-42-34(38)39/h18-23,27H,3-17,36-37H2,1-2H3,(H,44,61)(H,45,56)(H,46,58)(H,47,57)(H,48,59)(H,49,60)(H,50,51)(H,52,53)(H,54,55)(H4,38,39,42)(H4,40,41,43)/t19-,20-,21-,22-,23-,27-/m0/s1. The molecule has 346 valence electrons. The SMILES string of the molecule is CC(C)[C@H](NC(=O)[C@H](CCCCN)NC(=O)[C@H](CCC(=O)O)NC(=O)[C@H](CCC(=O)O)NC(=O)[C@H](CCCN=C(N)N)NC(=O)[C@@H](N)CCCN=C(N)N)C(=O)NCC(=O)O. The van der Waals surface area contributed by atoms with Crippen molar-refractivity contribution < 1.29 is 58.5 Å². The number of amides is 6. The van der Waals surface area contributed by atoms with Crippen LogP contribution in [0.1, 0.15) is 84.5 Å². The molecule has 0 aromatic heterocycles. The number of nitrogens with one attached hydrogen (secondary N) is 6. The molecular formula is C35H64N14O12. The maximum atomic E-state index is 13.8.